The highest BCUT2D eigenvalue weighted by atomic mass is 19.2. The predicted molar refractivity (Wildman–Crippen MR) is 49.6 cm³/mol. The first-order chi connectivity index (χ1) is 6.65. The van der Waals surface area contributed by atoms with E-state index in [-0.39, 0.29) is 5.69 Å². The Labute approximate surface area is 80.2 Å². The largest absolute Gasteiger partial charge is 0.385 e. The van der Waals surface area contributed by atoms with Gasteiger partial charge in [0.15, 0.2) is 17.5 Å². The zero-order valence-electron chi connectivity index (χ0n) is 7.49. The molecule has 0 fully saturated rings. The van der Waals surface area contributed by atoms with Crippen LogP contribution in [-0.2, 0) is 0 Å². The van der Waals surface area contributed by atoms with E-state index >= 15 is 0 Å². The normalized spacial score (nSPS) is 9.93. The molecule has 0 saturated carbocycles. The SMILES string of the molecule is C=CCCNc1cc(F)c(F)c(F)c1. The number of rotatable bonds is 4. The van der Waals surface area contributed by atoms with Crippen LogP contribution in [0.4, 0.5) is 18.9 Å². The van der Waals surface area contributed by atoms with Gasteiger partial charge in [-0.2, -0.15) is 0 Å². The summed E-state index contributed by atoms with van der Waals surface area (Å²) in [6.07, 6.45) is 2.34. The van der Waals surface area contributed by atoms with Gasteiger partial charge in [-0.25, -0.2) is 13.2 Å². The minimum atomic E-state index is -1.45. The summed E-state index contributed by atoms with van der Waals surface area (Å²) >= 11 is 0. The Bertz CT molecular complexity index is 313. The van der Waals surface area contributed by atoms with Gasteiger partial charge in [0.05, 0.1) is 0 Å². The Hall–Kier alpha value is -1.45. The molecule has 0 bridgehead atoms. The highest BCUT2D eigenvalue weighted by molar-refractivity contribution is 5.44. The molecule has 1 aromatic rings. The van der Waals surface area contributed by atoms with Crippen molar-refractivity contribution in [1.82, 2.24) is 0 Å². The third kappa shape index (κ3) is 2.52. The Morgan fingerprint density at radius 2 is 1.79 bits per heavy atom. The monoisotopic (exact) mass is 201 g/mol. The summed E-state index contributed by atoms with van der Waals surface area (Å²) in [5.41, 5.74) is 0.225. The molecule has 14 heavy (non-hydrogen) atoms. The summed E-state index contributed by atoms with van der Waals surface area (Å²) in [5, 5.41) is 2.74. The standard InChI is InChI=1S/C10H10F3N/c1-2-3-4-14-7-5-8(11)10(13)9(12)6-7/h2,5-6,14H,1,3-4H2. The number of nitrogens with one attached hydrogen (secondary N) is 1. The summed E-state index contributed by atoms with van der Waals surface area (Å²) in [6, 6.07) is 1.84. The van der Waals surface area contributed by atoms with Crippen molar-refractivity contribution in [3.05, 3.63) is 42.2 Å². The van der Waals surface area contributed by atoms with Gasteiger partial charge >= 0.3 is 0 Å². The molecule has 1 rings (SSSR count). The third-order valence-electron chi connectivity index (χ3n) is 1.66. The van der Waals surface area contributed by atoms with Crippen LogP contribution in [0.15, 0.2) is 24.8 Å². The summed E-state index contributed by atoms with van der Waals surface area (Å²) in [4.78, 5) is 0. The molecule has 0 aliphatic carbocycles. The van der Waals surface area contributed by atoms with Crippen molar-refractivity contribution >= 4 is 5.69 Å². The van der Waals surface area contributed by atoms with Crippen LogP contribution in [-0.4, -0.2) is 6.54 Å². The molecule has 0 saturated heterocycles. The molecule has 0 aliphatic rings. The van der Waals surface area contributed by atoms with Gasteiger partial charge in [0.1, 0.15) is 0 Å². The first-order valence-corrected chi connectivity index (χ1v) is 4.14. The molecule has 1 N–H and O–H groups in total. The van der Waals surface area contributed by atoms with Crippen molar-refractivity contribution in [2.45, 2.75) is 6.42 Å². The van der Waals surface area contributed by atoms with E-state index in [4.69, 9.17) is 0 Å². The molecule has 0 atom stereocenters. The van der Waals surface area contributed by atoms with Crippen LogP contribution in [0.2, 0.25) is 0 Å². The van der Waals surface area contributed by atoms with E-state index in [1.165, 1.54) is 0 Å². The quantitative estimate of drug-likeness (QED) is 0.448. The lowest BCUT2D eigenvalue weighted by Gasteiger charge is -2.05. The molecule has 76 valence electrons. The van der Waals surface area contributed by atoms with Crippen LogP contribution in [0.25, 0.3) is 0 Å². The topological polar surface area (TPSA) is 12.0 Å². The number of anilines is 1. The van der Waals surface area contributed by atoms with E-state index in [2.05, 4.69) is 11.9 Å². The second-order valence-electron chi connectivity index (χ2n) is 2.76. The Balaban J connectivity index is 2.74. The van der Waals surface area contributed by atoms with Crippen molar-refractivity contribution < 1.29 is 13.2 Å². The van der Waals surface area contributed by atoms with Crippen LogP contribution in [0.1, 0.15) is 6.42 Å². The van der Waals surface area contributed by atoms with E-state index in [0.717, 1.165) is 12.1 Å². The minimum Gasteiger partial charge on any atom is -0.385 e. The molecule has 0 unspecified atom stereocenters. The van der Waals surface area contributed by atoms with Gasteiger partial charge in [-0.05, 0) is 6.42 Å². The fourth-order valence-electron chi connectivity index (χ4n) is 0.976. The number of halogens is 3. The van der Waals surface area contributed by atoms with Crippen LogP contribution in [0.5, 0.6) is 0 Å². The molecule has 0 aliphatic heterocycles. The van der Waals surface area contributed by atoms with Gasteiger partial charge < -0.3 is 5.32 Å². The maximum atomic E-state index is 12.7. The van der Waals surface area contributed by atoms with Gasteiger partial charge in [0, 0.05) is 24.4 Å². The molecule has 1 nitrogen and oxygen atoms in total. The Morgan fingerprint density at radius 3 is 2.29 bits per heavy atom. The third-order valence-corrected chi connectivity index (χ3v) is 1.66. The van der Waals surface area contributed by atoms with E-state index in [1.807, 2.05) is 0 Å². The first-order valence-electron chi connectivity index (χ1n) is 4.14. The van der Waals surface area contributed by atoms with Crippen LogP contribution in [0, 0.1) is 17.5 Å². The second kappa shape index (κ2) is 4.69. The minimum absolute atomic E-state index is 0.225. The van der Waals surface area contributed by atoms with Crippen LogP contribution < -0.4 is 5.32 Å². The number of hydrogen-bond acceptors (Lipinski definition) is 1. The molecule has 4 heteroatoms. The smallest absolute Gasteiger partial charge is 0.194 e. The van der Waals surface area contributed by atoms with Crippen molar-refractivity contribution in [3.8, 4) is 0 Å². The Morgan fingerprint density at radius 1 is 1.21 bits per heavy atom. The average molecular weight is 201 g/mol. The summed E-state index contributed by atoms with van der Waals surface area (Å²) in [5.74, 6) is -3.82. The molecule has 0 heterocycles. The van der Waals surface area contributed by atoms with Crippen molar-refractivity contribution in [1.29, 1.82) is 0 Å². The van der Waals surface area contributed by atoms with Gasteiger partial charge in [0.2, 0.25) is 0 Å². The molecule has 0 radical (unpaired) electrons. The van der Waals surface area contributed by atoms with Gasteiger partial charge in [-0.3, -0.25) is 0 Å². The van der Waals surface area contributed by atoms with Gasteiger partial charge in [0.25, 0.3) is 0 Å². The first kappa shape index (κ1) is 10.6. The van der Waals surface area contributed by atoms with Gasteiger partial charge in [-0.15, -0.1) is 6.58 Å². The van der Waals surface area contributed by atoms with E-state index in [1.54, 1.807) is 6.08 Å². The summed E-state index contributed by atoms with van der Waals surface area (Å²) < 4.78 is 37.9. The molecular formula is C10H10F3N. The molecule has 0 aromatic heterocycles. The van der Waals surface area contributed by atoms with Crippen LogP contribution >= 0.6 is 0 Å². The fourth-order valence-corrected chi connectivity index (χ4v) is 0.976. The Kier molecular flexibility index (Phi) is 3.56. The van der Waals surface area contributed by atoms with E-state index in [9.17, 15) is 13.2 Å². The van der Waals surface area contributed by atoms with Gasteiger partial charge in [-0.1, -0.05) is 6.08 Å². The highest BCUT2D eigenvalue weighted by Crippen LogP contribution is 2.17. The fraction of sp³-hybridized carbons (Fsp3) is 0.200. The highest BCUT2D eigenvalue weighted by Gasteiger charge is 2.09. The maximum Gasteiger partial charge on any atom is 0.194 e. The summed E-state index contributed by atoms with van der Waals surface area (Å²) in [7, 11) is 0. The lowest BCUT2D eigenvalue weighted by molar-refractivity contribution is 0.447. The predicted octanol–water partition coefficient (Wildman–Crippen LogP) is 3.09. The molecule has 1 aromatic carbocycles. The van der Waals surface area contributed by atoms with Crippen molar-refractivity contribution in [3.63, 3.8) is 0 Å². The number of hydrogen-bond donors (Lipinski definition) is 1. The lowest BCUT2D eigenvalue weighted by atomic mass is 10.2. The maximum absolute atomic E-state index is 12.7. The molecule has 0 amide bonds. The van der Waals surface area contributed by atoms with Crippen molar-refractivity contribution in [2.24, 2.45) is 0 Å². The van der Waals surface area contributed by atoms with Crippen LogP contribution in [0.3, 0.4) is 0 Å². The van der Waals surface area contributed by atoms with E-state index in [0.29, 0.717) is 13.0 Å². The van der Waals surface area contributed by atoms with Crippen molar-refractivity contribution in [2.75, 3.05) is 11.9 Å². The molecule has 0 spiro atoms. The zero-order chi connectivity index (χ0) is 10.6. The summed E-state index contributed by atoms with van der Waals surface area (Å²) in [6.45, 7) is 4.00. The average Bonchev–Trinajstić information content (AvgIpc) is 2.14. The zero-order valence-corrected chi connectivity index (χ0v) is 7.49. The molecular weight excluding hydrogens is 191 g/mol. The van der Waals surface area contributed by atoms with E-state index < -0.39 is 17.5 Å². The second-order valence-corrected chi connectivity index (χ2v) is 2.76. The lowest BCUT2D eigenvalue weighted by Crippen LogP contribution is -2.02. The number of benzene rings is 1.